The molecule has 8 heteroatoms. The van der Waals surface area contributed by atoms with Crippen LogP contribution in [0.3, 0.4) is 0 Å². The van der Waals surface area contributed by atoms with Crippen LogP contribution in [-0.4, -0.2) is 24.0 Å². The molecule has 0 aliphatic carbocycles. The molecule has 0 atom stereocenters. The van der Waals surface area contributed by atoms with Crippen molar-refractivity contribution in [1.29, 1.82) is 0 Å². The Hall–Kier alpha value is -1.04. The van der Waals surface area contributed by atoms with Gasteiger partial charge in [0.25, 0.3) is 5.69 Å². The maximum Gasteiger partial charge on any atom is 0.334 e. The molecule has 0 N–H and O–H groups in total. The van der Waals surface area contributed by atoms with Gasteiger partial charge in [-0.1, -0.05) is 39.7 Å². The summed E-state index contributed by atoms with van der Waals surface area (Å²) in [5.41, 5.74) is -0.0629. The average molecular weight is 312 g/mol. The first kappa shape index (κ1) is 15.0. The number of ether oxygens (including phenoxy) is 1. The number of esters is 1. The third-order valence-corrected chi connectivity index (χ3v) is 2.60. The fraction of sp³-hybridized carbons (Fsp3) is 0.300. The van der Waals surface area contributed by atoms with Gasteiger partial charge in [0.15, 0.2) is 0 Å². The highest BCUT2D eigenvalue weighted by Gasteiger charge is 2.17. The normalized spacial score (nSPS) is 11.4. The molecule has 0 aliphatic rings. The Balaban J connectivity index is 2.93. The number of hydrogen-bond acceptors (Lipinski definition) is 4. The number of carbonyl (C=O) groups excluding carboxylic acids is 1. The molecule has 98 valence electrons. The minimum Gasteiger partial charge on any atom is -0.594 e. The summed E-state index contributed by atoms with van der Waals surface area (Å²) in [6.45, 7) is 1.46. The molecule has 0 unspecified atom stereocenters. The number of rotatable bonds is 4. The molecule has 0 saturated carbocycles. The van der Waals surface area contributed by atoms with Gasteiger partial charge >= 0.3 is 5.97 Å². The van der Waals surface area contributed by atoms with E-state index < -0.39 is 12.5 Å². The Morgan fingerprint density at radius 3 is 2.44 bits per heavy atom. The zero-order valence-corrected chi connectivity index (χ0v) is 11.6. The molecule has 0 amide bonds. The van der Waals surface area contributed by atoms with Crippen LogP contribution < -0.4 is 0 Å². The number of carbonyl (C=O) groups is 1. The highest BCUT2D eigenvalue weighted by molar-refractivity contribution is 6.40. The molecule has 0 heterocycles. The highest BCUT2D eigenvalue weighted by Crippen LogP contribution is 2.35. The number of nitrogens with zero attached hydrogens (tertiary/aromatic N) is 2. The van der Waals surface area contributed by atoms with Crippen molar-refractivity contribution in [3.8, 4) is 0 Å². The van der Waals surface area contributed by atoms with Gasteiger partial charge in [0.1, 0.15) is 10.0 Å². The Bertz CT molecular complexity index is 468. The fourth-order valence-electron chi connectivity index (χ4n) is 1.12. The van der Waals surface area contributed by atoms with Crippen molar-refractivity contribution in [2.75, 3.05) is 13.2 Å². The van der Waals surface area contributed by atoms with E-state index >= 15 is 0 Å². The van der Waals surface area contributed by atoms with Gasteiger partial charge in [-0.3, -0.25) is 0 Å². The van der Waals surface area contributed by atoms with Crippen LogP contribution in [0.5, 0.6) is 0 Å². The molecule has 0 bridgehead atoms. The van der Waals surface area contributed by atoms with Gasteiger partial charge in [-0.15, -0.1) is 0 Å². The Morgan fingerprint density at radius 1 is 1.39 bits per heavy atom. The van der Waals surface area contributed by atoms with Crippen LogP contribution in [0.25, 0.3) is 0 Å². The van der Waals surface area contributed by atoms with E-state index in [0.717, 1.165) is 0 Å². The second-order valence-electron chi connectivity index (χ2n) is 3.10. The zero-order valence-electron chi connectivity index (χ0n) is 9.32. The van der Waals surface area contributed by atoms with Gasteiger partial charge < -0.3 is 9.94 Å². The summed E-state index contributed by atoms with van der Waals surface area (Å²) in [4.78, 5) is 11.2. The Morgan fingerprint density at radius 2 is 1.94 bits per heavy atom. The first-order valence-corrected chi connectivity index (χ1v) is 6.04. The van der Waals surface area contributed by atoms with Gasteiger partial charge in [-0.25, -0.2) is 4.79 Å². The quantitative estimate of drug-likeness (QED) is 0.367. The lowest BCUT2D eigenvalue weighted by molar-refractivity contribution is -0.441. The average Bonchev–Trinajstić information content (AvgIpc) is 2.25. The van der Waals surface area contributed by atoms with Gasteiger partial charge in [-0.05, 0) is 24.2 Å². The summed E-state index contributed by atoms with van der Waals surface area (Å²) in [5, 5.41) is 15.5. The Kier molecular flexibility index (Phi) is 5.65. The number of azo groups is 1. The summed E-state index contributed by atoms with van der Waals surface area (Å²) in [6, 6.07) is 2.71. The lowest BCUT2D eigenvalue weighted by Gasteiger charge is -2.04. The SMILES string of the molecule is CCOC(=O)CN=[N+]([O-])c1c(Cl)cc(Cl)cc1Cl. The van der Waals surface area contributed by atoms with Crippen molar-refractivity contribution in [1.82, 2.24) is 0 Å². The minimum atomic E-state index is -0.612. The first-order valence-electron chi connectivity index (χ1n) is 4.90. The maximum absolute atomic E-state index is 11.6. The molecule has 0 aliphatic heterocycles. The summed E-state index contributed by atoms with van der Waals surface area (Å²) < 4.78 is 4.62. The van der Waals surface area contributed by atoms with E-state index in [1.807, 2.05) is 0 Å². The molecule has 0 radical (unpaired) electrons. The van der Waals surface area contributed by atoms with Crippen LogP contribution in [0.2, 0.25) is 15.1 Å². The van der Waals surface area contributed by atoms with E-state index in [9.17, 15) is 10.0 Å². The lowest BCUT2D eigenvalue weighted by atomic mass is 10.3. The molecule has 0 spiro atoms. The smallest absolute Gasteiger partial charge is 0.334 e. The molecule has 1 aromatic rings. The third-order valence-electron chi connectivity index (χ3n) is 1.81. The molecule has 5 nitrogen and oxygen atoms in total. The molecular formula is C10H9Cl3N2O3. The van der Waals surface area contributed by atoms with Crippen molar-refractivity contribution >= 4 is 46.5 Å². The third kappa shape index (κ3) is 4.01. The van der Waals surface area contributed by atoms with Crippen molar-refractivity contribution in [2.45, 2.75) is 6.92 Å². The summed E-state index contributed by atoms with van der Waals surface area (Å²) in [5.74, 6) is -0.612. The number of hydrogen-bond donors (Lipinski definition) is 0. The molecule has 0 fully saturated rings. The van der Waals surface area contributed by atoms with E-state index in [2.05, 4.69) is 9.85 Å². The van der Waals surface area contributed by atoms with Gasteiger partial charge in [-0.2, -0.15) is 0 Å². The van der Waals surface area contributed by atoms with Crippen LogP contribution in [0.1, 0.15) is 6.92 Å². The first-order chi connectivity index (χ1) is 8.45. The van der Waals surface area contributed by atoms with E-state index in [1.165, 1.54) is 12.1 Å². The molecule has 0 saturated heterocycles. The second-order valence-corrected chi connectivity index (χ2v) is 4.35. The fourth-order valence-corrected chi connectivity index (χ4v) is 2.08. The standard InChI is InChI=1S/C10H9Cl3N2O3/c1-2-18-9(16)5-14-15(17)10-7(12)3-6(11)4-8(10)13/h3-4H,2,5H2,1H3. The highest BCUT2D eigenvalue weighted by atomic mass is 35.5. The maximum atomic E-state index is 11.6. The lowest BCUT2D eigenvalue weighted by Crippen LogP contribution is -2.09. The summed E-state index contributed by atoms with van der Waals surface area (Å²) >= 11 is 17.3. The Labute approximate surface area is 118 Å². The van der Waals surface area contributed by atoms with Crippen molar-refractivity contribution in [2.24, 2.45) is 5.11 Å². The van der Waals surface area contributed by atoms with Crippen molar-refractivity contribution in [3.05, 3.63) is 32.4 Å². The van der Waals surface area contributed by atoms with Gasteiger partial charge in [0.2, 0.25) is 6.54 Å². The second kappa shape index (κ2) is 6.78. The summed E-state index contributed by atoms with van der Waals surface area (Å²) in [7, 11) is 0. The van der Waals surface area contributed by atoms with E-state index in [0.29, 0.717) is 5.02 Å². The largest absolute Gasteiger partial charge is 0.594 e. The van der Waals surface area contributed by atoms with Crippen LogP contribution in [0.4, 0.5) is 5.69 Å². The van der Waals surface area contributed by atoms with Crippen molar-refractivity contribution in [3.63, 3.8) is 0 Å². The van der Waals surface area contributed by atoms with Gasteiger partial charge in [0.05, 0.1) is 6.61 Å². The number of halogens is 3. The van der Waals surface area contributed by atoms with E-state index in [1.54, 1.807) is 6.92 Å². The molecule has 1 rings (SSSR count). The van der Waals surface area contributed by atoms with Crippen LogP contribution in [0.15, 0.2) is 17.2 Å². The van der Waals surface area contributed by atoms with Crippen LogP contribution in [0, 0.1) is 5.21 Å². The van der Waals surface area contributed by atoms with E-state index in [4.69, 9.17) is 34.8 Å². The molecule has 1 aromatic carbocycles. The predicted molar refractivity (Wildman–Crippen MR) is 68.7 cm³/mol. The van der Waals surface area contributed by atoms with Gasteiger partial charge in [0, 0.05) is 5.02 Å². The number of benzene rings is 1. The summed E-state index contributed by atoms with van der Waals surface area (Å²) in [6.07, 6.45) is 0. The van der Waals surface area contributed by atoms with E-state index in [-0.39, 0.29) is 27.2 Å². The van der Waals surface area contributed by atoms with Crippen molar-refractivity contribution < 1.29 is 14.4 Å². The molecule has 18 heavy (non-hydrogen) atoms. The molecule has 0 aromatic heterocycles. The zero-order chi connectivity index (χ0) is 13.7. The monoisotopic (exact) mass is 310 g/mol. The van der Waals surface area contributed by atoms with Crippen LogP contribution in [-0.2, 0) is 9.53 Å². The topological polar surface area (TPSA) is 64.7 Å². The minimum absolute atomic E-state index is 0.0510. The van der Waals surface area contributed by atoms with Crippen LogP contribution >= 0.6 is 34.8 Å². The molecular weight excluding hydrogens is 302 g/mol. The predicted octanol–water partition coefficient (Wildman–Crippen LogP) is 3.80.